The van der Waals surface area contributed by atoms with Gasteiger partial charge in [-0.2, -0.15) is 0 Å². The van der Waals surface area contributed by atoms with Gasteiger partial charge in [0.1, 0.15) is 0 Å². The molecule has 0 saturated carbocycles. The number of halogens is 1. The van der Waals surface area contributed by atoms with Crippen molar-refractivity contribution in [1.82, 2.24) is 4.68 Å². The summed E-state index contributed by atoms with van der Waals surface area (Å²) in [7, 11) is 0. The molecule has 1 heterocycles. The van der Waals surface area contributed by atoms with E-state index in [-0.39, 0.29) is 5.91 Å². The van der Waals surface area contributed by atoms with Gasteiger partial charge in [-0.15, -0.1) is 11.6 Å². The minimum absolute atomic E-state index is 0.141. The minimum atomic E-state index is -0.141. The third kappa shape index (κ3) is 2.44. The van der Waals surface area contributed by atoms with Crippen LogP contribution < -0.4 is 5.43 Å². The smallest absolute Gasteiger partial charge is 0.268 e. The topological polar surface area (TPSA) is 34.0 Å². The van der Waals surface area contributed by atoms with E-state index in [1.807, 2.05) is 24.3 Å². The molecule has 1 amide bonds. The van der Waals surface area contributed by atoms with E-state index in [0.717, 1.165) is 5.56 Å². The highest BCUT2D eigenvalue weighted by Gasteiger charge is 2.04. The van der Waals surface area contributed by atoms with Gasteiger partial charge >= 0.3 is 0 Å². The lowest BCUT2D eigenvalue weighted by Crippen LogP contribution is -2.21. The van der Waals surface area contributed by atoms with E-state index in [1.54, 1.807) is 29.2 Å². The molecule has 1 N–H and O–H groups in total. The van der Waals surface area contributed by atoms with Crippen LogP contribution in [0.1, 0.15) is 15.9 Å². The summed E-state index contributed by atoms with van der Waals surface area (Å²) in [4.78, 5) is 11.7. The highest BCUT2D eigenvalue weighted by Crippen LogP contribution is 2.07. The highest BCUT2D eigenvalue weighted by molar-refractivity contribution is 6.17. The van der Waals surface area contributed by atoms with E-state index in [0.29, 0.717) is 11.4 Å². The summed E-state index contributed by atoms with van der Waals surface area (Å²) in [5.41, 5.74) is 4.33. The van der Waals surface area contributed by atoms with Crippen LogP contribution in [0.15, 0.2) is 48.8 Å². The third-order valence-corrected chi connectivity index (χ3v) is 2.51. The Balaban J connectivity index is 2.09. The van der Waals surface area contributed by atoms with Crippen molar-refractivity contribution in [2.45, 2.75) is 5.88 Å². The SMILES string of the molecule is O=C(Nn1cccc1)c1ccc(CCl)cc1. The van der Waals surface area contributed by atoms with Crippen LogP contribution in [0.4, 0.5) is 0 Å². The molecule has 4 heteroatoms. The zero-order valence-corrected chi connectivity index (χ0v) is 9.32. The number of carbonyl (C=O) groups is 1. The average Bonchev–Trinajstić information content (AvgIpc) is 2.82. The number of aromatic nitrogens is 1. The van der Waals surface area contributed by atoms with Gasteiger partial charge in [-0.05, 0) is 29.8 Å². The highest BCUT2D eigenvalue weighted by atomic mass is 35.5. The van der Waals surface area contributed by atoms with Crippen molar-refractivity contribution >= 4 is 17.5 Å². The second-order valence-electron chi connectivity index (χ2n) is 3.36. The molecule has 0 spiro atoms. The summed E-state index contributed by atoms with van der Waals surface area (Å²) < 4.78 is 1.61. The number of hydrogen-bond donors (Lipinski definition) is 1. The minimum Gasteiger partial charge on any atom is -0.268 e. The molecule has 0 bridgehead atoms. The molecule has 0 aliphatic heterocycles. The Kier molecular flexibility index (Phi) is 3.27. The first-order valence-electron chi connectivity index (χ1n) is 4.89. The predicted molar refractivity (Wildman–Crippen MR) is 64.1 cm³/mol. The first-order valence-corrected chi connectivity index (χ1v) is 5.42. The van der Waals surface area contributed by atoms with Crippen LogP contribution in [0.3, 0.4) is 0 Å². The predicted octanol–water partition coefficient (Wildman–Crippen LogP) is 2.61. The first kappa shape index (κ1) is 10.8. The Morgan fingerprint density at radius 1 is 1.19 bits per heavy atom. The number of alkyl halides is 1. The van der Waals surface area contributed by atoms with Gasteiger partial charge in [-0.3, -0.25) is 14.9 Å². The van der Waals surface area contributed by atoms with Crippen LogP contribution in [-0.4, -0.2) is 10.6 Å². The number of rotatable bonds is 3. The molecule has 16 heavy (non-hydrogen) atoms. The molecule has 3 nitrogen and oxygen atoms in total. The molecule has 0 atom stereocenters. The molecule has 2 rings (SSSR count). The Morgan fingerprint density at radius 3 is 2.38 bits per heavy atom. The van der Waals surface area contributed by atoms with Crippen molar-refractivity contribution in [3.63, 3.8) is 0 Å². The van der Waals surface area contributed by atoms with Gasteiger partial charge in [0.25, 0.3) is 5.91 Å². The second kappa shape index (κ2) is 4.86. The average molecular weight is 235 g/mol. The summed E-state index contributed by atoms with van der Waals surface area (Å²) in [6.07, 6.45) is 3.54. The standard InChI is InChI=1S/C12H11ClN2O/c13-9-10-3-5-11(6-4-10)12(16)14-15-7-1-2-8-15/h1-8H,9H2,(H,14,16). The van der Waals surface area contributed by atoms with E-state index in [9.17, 15) is 4.79 Å². The fraction of sp³-hybridized carbons (Fsp3) is 0.0833. The van der Waals surface area contributed by atoms with Crippen LogP contribution >= 0.6 is 11.6 Å². The quantitative estimate of drug-likeness (QED) is 0.814. The van der Waals surface area contributed by atoms with Crippen molar-refractivity contribution in [2.24, 2.45) is 0 Å². The Morgan fingerprint density at radius 2 is 1.81 bits per heavy atom. The van der Waals surface area contributed by atoms with Crippen molar-refractivity contribution in [2.75, 3.05) is 5.43 Å². The van der Waals surface area contributed by atoms with Crippen molar-refractivity contribution < 1.29 is 4.79 Å². The Labute approximate surface area is 98.6 Å². The first-order chi connectivity index (χ1) is 7.79. The summed E-state index contributed by atoms with van der Waals surface area (Å²) in [5, 5.41) is 0. The molecule has 0 aliphatic carbocycles. The summed E-state index contributed by atoms with van der Waals surface area (Å²) in [6, 6.07) is 10.9. The maximum Gasteiger partial charge on any atom is 0.270 e. The van der Waals surface area contributed by atoms with E-state index >= 15 is 0 Å². The maximum absolute atomic E-state index is 11.7. The number of nitrogens with one attached hydrogen (secondary N) is 1. The number of carbonyl (C=O) groups excluding carboxylic acids is 1. The molecule has 0 radical (unpaired) electrons. The van der Waals surface area contributed by atoms with Crippen molar-refractivity contribution in [3.8, 4) is 0 Å². The van der Waals surface area contributed by atoms with Crippen molar-refractivity contribution in [1.29, 1.82) is 0 Å². The number of benzene rings is 1. The maximum atomic E-state index is 11.7. The van der Waals surface area contributed by atoms with E-state index in [1.165, 1.54) is 0 Å². The fourth-order valence-corrected chi connectivity index (χ4v) is 1.51. The molecular weight excluding hydrogens is 224 g/mol. The molecule has 0 saturated heterocycles. The zero-order valence-electron chi connectivity index (χ0n) is 8.56. The lowest BCUT2D eigenvalue weighted by atomic mass is 10.1. The largest absolute Gasteiger partial charge is 0.270 e. The van der Waals surface area contributed by atoms with Crippen LogP contribution in [-0.2, 0) is 5.88 Å². The van der Waals surface area contributed by atoms with Gasteiger partial charge in [0.15, 0.2) is 0 Å². The van der Waals surface area contributed by atoms with Gasteiger partial charge in [0.05, 0.1) is 0 Å². The molecule has 0 aliphatic rings. The summed E-state index contributed by atoms with van der Waals surface area (Å²) >= 11 is 5.67. The van der Waals surface area contributed by atoms with Gasteiger partial charge in [-0.25, -0.2) is 0 Å². The van der Waals surface area contributed by atoms with Crippen LogP contribution in [0.25, 0.3) is 0 Å². The summed E-state index contributed by atoms with van der Waals surface area (Å²) in [5.74, 6) is 0.316. The molecule has 1 aromatic carbocycles. The number of amides is 1. The monoisotopic (exact) mass is 234 g/mol. The van der Waals surface area contributed by atoms with Gasteiger partial charge in [0.2, 0.25) is 0 Å². The number of hydrogen-bond acceptors (Lipinski definition) is 1. The van der Waals surface area contributed by atoms with E-state index < -0.39 is 0 Å². The van der Waals surface area contributed by atoms with E-state index in [2.05, 4.69) is 5.43 Å². The fourth-order valence-electron chi connectivity index (χ4n) is 1.34. The lowest BCUT2D eigenvalue weighted by Gasteiger charge is -2.06. The lowest BCUT2D eigenvalue weighted by molar-refractivity contribution is 0.101. The van der Waals surface area contributed by atoms with Gasteiger partial charge < -0.3 is 0 Å². The molecule has 2 aromatic rings. The molecule has 0 fully saturated rings. The van der Waals surface area contributed by atoms with Gasteiger partial charge in [-0.1, -0.05) is 12.1 Å². The molecule has 1 aromatic heterocycles. The molecular formula is C12H11ClN2O. The molecule has 82 valence electrons. The Hall–Kier alpha value is -1.74. The van der Waals surface area contributed by atoms with Crippen molar-refractivity contribution in [3.05, 3.63) is 59.9 Å². The molecule has 0 unspecified atom stereocenters. The van der Waals surface area contributed by atoms with E-state index in [4.69, 9.17) is 11.6 Å². The van der Waals surface area contributed by atoms with Crippen LogP contribution in [0, 0.1) is 0 Å². The number of nitrogens with zero attached hydrogens (tertiary/aromatic N) is 1. The zero-order chi connectivity index (χ0) is 11.4. The normalized spacial score (nSPS) is 10.1. The Bertz CT molecular complexity index is 462. The second-order valence-corrected chi connectivity index (χ2v) is 3.63. The third-order valence-electron chi connectivity index (χ3n) is 2.21. The van der Waals surface area contributed by atoms with Crippen LogP contribution in [0.5, 0.6) is 0 Å². The van der Waals surface area contributed by atoms with Gasteiger partial charge in [0, 0.05) is 23.8 Å². The van der Waals surface area contributed by atoms with Crippen LogP contribution in [0.2, 0.25) is 0 Å². The summed E-state index contributed by atoms with van der Waals surface area (Å²) in [6.45, 7) is 0.